The van der Waals surface area contributed by atoms with Crippen LogP contribution in [0.1, 0.15) is 16.5 Å². The number of fused-ring (bicyclic) bond motifs is 1. The van der Waals surface area contributed by atoms with Crippen LogP contribution in [0.2, 0.25) is 0 Å². The molecule has 1 aromatic carbocycles. The average molecular weight is 391 g/mol. The molecule has 0 aliphatic carbocycles. The summed E-state index contributed by atoms with van der Waals surface area (Å²) in [5, 5.41) is 3.82. The number of hydrogen-bond donors (Lipinski definition) is 1. The van der Waals surface area contributed by atoms with Crippen molar-refractivity contribution < 1.29 is 8.42 Å². The molecule has 7 heteroatoms. The lowest BCUT2D eigenvalue weighted by molar-refractivity contribution is 0.567. The molecule has 0 bridgehead atoms. The number of para-hydroxylation sites is 1. The van der Waals surface area contributed by atoms with Gasteiger partial charge in [-0.25, -0.2) is 13.1 Å². The number of hydrogen-bond acceptors (Lipinski definition) is 5. The minimum absolute atomic E-state index is 0.00149. The van der Waals surface area contributed by atoms with E-state index < -0.39 is 10.0 Å². The zero-order valence-electron chi connectivity index (χ0n) is 13.5. The second kappa shape index (κ2) is 6.92. The Bertz CT molecular complexity index is 935. The zero-order chi connectivity index (χ0) is 17.3. The van der Waals surface area contributed by atoms with Crippen LogP contribution in [0.5, 0.6) is 0 Å². The van der Waals surface area contributed by atoms with Crippen molar-refractivity contribution in [2.75, 3.05) is 18.0 Å². The summed E-state index contributed by atoms with van der Waals surface area (Å²) in [4.78, 5) is 3.49. The number of nitrogens with zero attached hydrogens (tertiary/aromatic N) is 1. The summed E-state index contributed by atoms with van der Waals surface area (Å²) in [5.74, 6) is 0. The predicted molar refractivity (Wildman–Crippen MR) is 104 cm³/mol. The highest BCUT2D eigenvalue weighted by Crippen LogP contribution is 2.36. The van der Waals surface area contributed by atoms with Gasteiger partial charge in [-0.15, -0.1) is 22.7 Å². The molecule has 3 aromatic rings. The Labute approximate surface area is 155 Å². The third-order valence-electron chi connectivity index (χ3n) is 4.40. The second-order valence-corrected chi connectivity index (χ2v) is 9.81. The molecule has 130 valence electrons. The third kappa shape index (κ3) is 3.37. The Morgan fingerprint density at radius 3 is 2.60 bits per heavy atom. The molecule has 0 saturated carbocycles. The van der Waals surface area contributed by atoms with Crippen LogP contribution in [-0.2, 0) is 16.4 Å². The first-order valence-corrected chi connectivity index (χ1v) is 11.3. The molecule has 1 N–H and O–H groups in total. The first kappa shape index (κ1) is 16.8. The average Bonchev–Trinajstić information content (AvgIpc) is 3.37. The van der Waals surface area contributed by atoms with Crippen LogP contribution >= 0.6 is 22.7 Å². The molecule has 25 heavy (non-hydrogen) atoms. The molecular weight excluding hydrogens is 372 g/mol. The minimum Gasteiger partial charge on any atom is -0.362 e. The van der Waals surface area contributed by atoms with Crippen LogP contribution in [-0.4, -0.2) is 21.5 Å². The lowest BCUT2D eigenvalue weighted by atomic mass is 10.1. The van der Waals surface area contributed by atoms with Crippen molar-refractivity contribution in [1.82, 2.24) is 4.72 Å². The van der Waals surface area contributed by atoms with E-state index in [9.17, 15) is 8.42 Å². The van der Waals surface area contributed by atoms with Gasteiger partial charge in [0.15, 0.2) is 0 Å². The summed E-state index contributed by atoms with van der Waals surface area (Å²) in [6.07, 6.45) is 0.996. The molecule has 1 aliphatic heterocycles. The summed E-state index contributed by atoms with van der Waals surface area (Å²) >= 11 is 2.91. The van der Waals surface area contributed by atoms with E-state index in [4.69, 9.17) is 0 Å². The fourth-order valence-corrected chi connectivity index (χ4v) is 6.12. The van der Waals surface area contributed by atoms with Crippen molar-refractivity contribution >= 4 is 38.4 Å². The van der Waals surface area contributed by atoms with Gasteiger partial charge in [0.2, 0.25) is 10.0 Å². The van der Waals surface area contributed by atoms with Gasteiger partial charge < -0.3 is 4.90 Å². The van der Waals surface area contributed by atoms with Crippen LogP contribution < -0.4 is 9.62 Å². The standard InChI is InChI=1S/C18H18N2O2S3/c21-25(22,18-8-4-12-24-18)19-13-16(17-7-3-11-23-17)20-10-9-14-5-1-2-6-15(14)20/h1-8,11-12,16,19H,9-10,13H2/t16-/m1/s1. The lowest BCUT2D eigenvalue weighted by Crippen LogP contribution is -2.36. The van der Waals surface area contributed by atoms with E-state index in [2.05, 4.69) is 33.9 Å². The van der Waals surface area contributed by atoms with Gasteiger partial charge in [0.05, 0.1) is 6.04 Å². The van der Waals surface area contributed by atoms with Gasteiger partial charge in [-0.1, -0.05) is 30.3 Å². The van der Waals surface area contributed by atoms with Gasteiger partial charge >= 0.3 is 0 Å². The molecular formula is C18H18N2O2S3. The summed E-state index contributed by atoms with van der Waals surface area (Å²) in [6, 6.07) is 15.9. The Morgan fingerprint density at radius 2 is 1.84 bits per heavy atom. The molecule has 4 nitrogen and oxygen atoms in total. The van der Waals surface area contributed by atoms with E-state index in [1.54, 1.807) is 28.8 Å². The van der Waals surface area contributed by atoms with Crippen molar-refractivity contribution in [2.45, 2.75) is 16.7 Å². The van der Waals surface area contributed by atoms with Crippen molar-refractivity contribution in [2.24, 2.45) is 0 Å². The highest BCUT2D eigenvalue weighted by Gasteiger charge is 2.29. The number of nitrogens with one attached hydrogen (secondary N) is 1. The number of rotatable bonds is 6. The third-order valence-corrected chi connectivity index (χ3v) is 8.19. The molecule has 3 heterocycles. The zero-order valence-corrected chi connectivity index (χ0v) is 15.9. The van der Waals surface area contributed by atoms with Gasteiger partial charge in [-0.2, -0.15) is 0 Å². The van der Waals surface area contributed by atoms with Gasteiger partial charge in [0.25, 0.3) is 0 Å². The van der Waals surface area contributed by atoms with Crippen molar-refractivity contribution in [3.05, 3.63) is 69.7 Å². The van der Waals surface area contributed by atoms with Crippen LogP contribution in [0.15, 0.2) is 63.5 Å². The Morgan fingerprint density at radius 1 is 1.04 bits per heavy atom. The quantitative estimate of drug-likeness (QED) is 0.695. The molecule has 1 atom stereocenters. The summed E-state index contributed by atoms with van der Waals surface area (Å²) < 4.78 is 28.2. The van der Waals surface area contributed by atoms with E-state index in [1.807, 2.05) is 17.5 Å². The molecule has 2 aromatic heterocycles. The van der Waals surface area contributed by atoms with Crippen molar-refractivity contribution in [1.29, 1.82) is 0 Å². The fourth-order valence-electron chi connectivity index (χ4n) is 3.21. The number of benzene rings is 1. The first-order valence-electron chi connectivity index (χ1n) is 8.06. The SMILES string of the molecule is O=S(=O)(NC[C@H](c1cccs1)N1CCc2ccccc21)c1cccs1. The largest absolute Gasteiger partial charge is 0.362 e. The molecule has 0 fully saturated rings. The first-order chi connectivity index (χ1) is 12.1. The Balaban J connectivity index is 1.61. The van der Waals surface area contributed by atoms with E-state index >= 15 is 0 Å². The Hall–Kier alpha value is -1.67. The summed E-state index contributed by atoms with van der Waals surface area (Å²) in [6.45, 7) is 1.26. The van der Waals surface area contributed by atoms with Crippen LogP contribution in [0.25, 0.3) is 0 Å². The Kier molecular flexibility index (Phi) is 4.64. The van der Waals surface area contributed by atoms with E-state index in [1.165, 1.54) is 27.5 Å². The van der Waals surface area contributed by atoms with Gasteiger partial charge in [-0.3, -0.25) is 0 Å². The van der Waals surface area contributed by atoms with E-state index in [0.29, 0.717) is 10.8 Å². The summed E-state index contributed by atoms with van der Waals surface area (Å²) in [5.41, 5.74) is 2.53. The molecule has 0 saturated heterocycles. The minimum atomic E-state index is -3.46. The number of anilines is 1. The molecule has 0 unspecified atom stereocenters. The smallest absolute Gasteiger partial charge is 0.250 e. The highest BCUT2D eigenvalue weighted by molar-refractivity contribution is 7.91. The maximum atomic E-state index is 12.5. The van der Waals surface area contributed by atoms with Crippen molar-refractivity contribution in [3.8, 4) is 0 Å². The highest BCUT2D eigenvalue weighted by atomic mass is 32.2. The lowest BCUT2D eigenvalue weighted by Gasteiger charge is -2.30. The molecule has 0 amide bonds. The number of sulfonamides is 1. The van der Waals surface area contributed by atoms with Gasteiger partial charge in [-0.05, 0) is 40.9 Å². The fraction of sp³-hybridized carbons (Fsp3) is 0.222. The predicted octanol–water partition coefficient (Wildman–Crippen LogP) is 3.89. The molecule has 4 rings (SSSR count). The van der Waals surface area contributed by atoms with E-state index in [-0.39, 0.29) is 6.04 Å². The second-order valence-electron chi connectivity index (χ2n) is 5.89. The monoisotopic (exact) mass is 390 g/mol. The normalized spacial score (nSPS) is 15.3. The van der Waals surface area contributed by atoms with Crippen molar-refractivity contribution in [3.63, 3.8) is 0 Å². The maximum absolute atomic E-state index is 12.5. The van der Waals surface area contributed by atoms with Gasteiger partial charge in [0, 0.05) is 23.7 Å². The topological polar surface area (TPSA) is 49.4 Å². The van der Waals surface area contributed by atoms with Crippen LogP contribution in [0.4, 0.5) is 5.69 Å². The molecule has 0 spiro atoms. The van der Waals surface area contributed by atoms with E-state index in [0.717, 1.165) is 13.0 Å². The molecule has 1 aliphatic rings. The maximum Gasteiger partial charge on any atom is 0.250 e. The van der Waals surface area contributed by atoms with Gasteiger partial charge in [0.1, 0.15) is 4.21 Å². The van der Waals surface area contributed by atoms with Crippen LogP contribution in [0.3, 0.4) is 0 Å². The molecule has 0 radical (unpaired) electrons. The number of thiophene rings is 2. The summed E-state index contributed by atoms with van der Waals surface area (Å²) in [7, 11) is -3.46. The van der Waals surface area contributed by atoms with Crippen LogP contribution in [0, 0.1) is 0 Å².